The Kier molecular flexibility index (Phi) is 8.10. The molecule has 0 aliphatic carbocycles. The first-order chi connectivity index (χ1) is 16.2. The third kappa shape index (κ3) is 5.30. The second kappa shape index (κ2) is 10.1. The SMILES string of the molecule is CCC(CC)(CC1OC(n2cc3cc(C)c(=O)[nH]c3nc2=S)C(O)C1O)OP(=O)(O)C(C)(O)CC. The van der Waals surface area contributed by atoms with Crippen LogP contribution in [0.3, 0.4) is 0 Å². The summed E-state index contributed by atoms with van der Waals surface area (Å²) in [7, 11) is -4.46. The van der Waals surface area contributed by atoms with E-state index >= 15 is 0 Å². The predicted octanol–water partition coefficient (Wildman–Crippen LogP) is 2.65. The van der Waals surface area contributed by atoms with Gasteiger partial charge in [-0.3, -0.25) is 18.5 Å². The summed E-state index contributed by atoms with van der Waals surface area (Å²) in [5.74, 6) is 0. The van der Waals surface area contributed by atoms with Crippen LogP contribution in [-0.4, -0.2) is 64.0 Å². The van der Waals surface area contributed by atoms with Crippen molar-refractivity contribution in [2.75, 3.05) is 0 Å². The summed E-state index contributed by atoms with van der Waals surface area (Å²) in [6.45, 7) is 8.01. The minimum atomic E-state index is -4.46. The molecular weight excluding hydrogens is 497 g/mol. The summed E-state index contributed by atoms with van der Waals surface area (Å²) in [6.07, 6.45) is -2.60. The monoisotopic (exact) mass is 531 g/mol. The van der Waals surface area contributed by atoms with Crippen LogP contribution in [0.4, 0.5) is 0 Å². The van der Waals surface area contributed by atoms with E-state index in [1.54, 1.807) is 40.0 Å². The van der Waals surface area contributed by atoms with Crippen LogP contribution in [0.15, 0.2) is 17.1 Å². The molecule has 0 aromatic carbocycles. The number of aliphatic hydroxyl groups is 3. The molecule has 1 aliphatic rings. The van der Waals surface area contributed by atoms with Gasteiger partial charge in [0.1, 0.15) is 17.9 Å². The summed E-state index contributed by atoms with van der Waals surface area (Å²) in [4.78, 5) is 29.3. The first kappa shape index (κ1) is 28.1. The number of nitrogens with one attached hydrogen (secondary N) is 1. The Labute approximate surface area is 208 Å². The Morgan fingerprint density at radius 3 is 2.46 bits per heavy atom. The number of aliphatic hydroxyl groups excluding tert-OH is 2. The van der Waals surface area contributed by atoms with Crippen molar-refractivity contribution in [3.05, 3.63) is 33.0 Å². The number of aromatic nitrogens is 3. The van der Waals surface area contributed by atoms with Crippen LogP contribution in [0.1, 0.15) is 65.2 Å². The van der Waals surface area contributed by atoms with Crippen molar-refractivity contribution in [3.8, 4) is 0 Å². The molecule has 2 aromatic heterocycles. The molecule has 0 amide bonds. The Morgan fingerprint density at radius 1 is 1.26 bits per heavy atom. The molecule has 6 atom stereocenters. The molecule has 0 radical (unpaired) electrons. The smallest absolute Gasteiger partial charge is 0.359 e. The van der Waals surface area contributed by atoms with Crippen LogP contribution in [0.5, 0.6) is 0 Å². The molecular formula is C22H34N3O8PS. The summed E-state index contributed by atoms with van der Waals surface area (Å²) in [5.41, 5.74) is -0.734. The summed E-state index contributed by atoms with van der Waals surface area (Å²) in [5, 5.41) is 30.6. The van der Waals surface area contributed by atoms with Gasteiger partial charge in [0.2, 0.25) is 4.77 Å². The zero-order chi connectivity index (χ0) is 26.3. The quantitative estimate of drug-likeness (QED) is 0.240. The van der Waals surface area contributed by atoms with Crippen molar-refractivity contribution < 1.29 is 34.0 Å². The van der Waals surface area contributed by atoms with E-state index in [1.807, 2.05) is 0 Å². The number of rotatable bonds is 9. The zero-order valence-corrected chi connectivity index (χ0v) is 22.2. The van der Waals surface area contributed by atoms with Gasteiger partial charge >= 0.3 is 7.60 Å². The van der Waals surface area contributed by atoms with Gasteiger partial charge in [-0.2, -0.15) is 0 Å². The number of fused-ring (bicyclic) bond motifs is 1. The van der Waals surface area contributed by atoms with Gasteiger partial charge in [-0.15, -0.1) is 0 Å². The molecule has 1 saturated heterocycles. The van der Waals surface area contributed by atoms with E-state index in [1.165, 1.54) is 11.5 Å². The van der Waals surface area contributed by atoms with Crippen molar-refractivity contribution >= 4 is 30.8 Å². The fourth-order valence-corrected chi connectivity index (χ4v) is 5.84. The largest absolute Gasteiger partial charge is 0.388 e. The number of H-pyrrole nitrogens is 1. The first-order valence-corrected chi connectivity index (χ1v) is 13.6. The second-order valence-corrected chi connectivity index (χ2v) is 11.9. The standard InChI is InChI=1S/C22H34N3O8PS/c1-6-21(5,29)34(30,31)33-22(7-2,8-3)10-14-15(26)16(27)19(32-14)25-11-13-9-12(4)18(28)23-17(13)24-20(25)35/h9,11,14-16,19,26-27,29H,6-8,10H2,1-5H3,(H,30,31)(H,23,24,28,35). The van der Waals surface area contributed by atoms with E-state index in [0.29, 0.717) is 23.8 Å². The van der Waals surface area contributed by atoms with E-state index in [0.717, 1.165) is 0 Å². The van der Waals surface area contributed by atoms with Gasteiger partial charge in [-0.05, 0) is 51.4 Å². The van der Waals surface area contributed by atoms with Crippen LogP contribution >= 0.6 is 19.8 Å². The van der Waals surface area contributed by atoms with Gasteiger partial charge in [-0.1, -0.05) is 20.8 Å². The Bertz CT molecular complexity index is 1240. The third-order valence-corrected chi connectivity index (χ3v) is 9.48. The molecule has 0 bridgehead atoms. The molecule has 5 N–H and O–H groups in total. The highest BCUT2D eigenvalue weighted by Crippen LogP contribution is 2.59. The minimum Gasteiger partial charge on any atom is -0.388 e. The van der Waals surface area contributed by atoms with Crippen molar-refractivity contribution in [2.45, 2.75) is 95.8 Å². The topological polar surface area (TPSA) is 167 Å². The number of hydrogen-bond donors (Lipinski definition) is 5. The van der Waals surface area contributed by atoms with Crippen LogP contribution in [0.25, 0.3) is 11.0 Å². The highest BCUT2D eigenvalue weighted by atomic mass is 32.1. The van der Waals surface area contributed by atoms with E-state index in [4.69, 9.17) is 21.5 Å². The van der Waals surface area contributed by atoms with Gasteiger partial charge in [0.15, 0.2) is 11.6 Å². The molecule has 11 nitrogen and oxygen atoms in total. The van der Waals surface area contributed by atoms with Crippen LogP contribution in [-0.2, 0) is 13.8 Å². The Hall–Kier alpha value is -1.50. The lowest BCUT2D eigenvalue weighted by molar-refractivity contribution is -0.0768. The third-order valence-electron chi connectivity index (χ3n) is 7.01. The molecule has 35 heavy (non-hydrogen) atoms. The Balaban J connectivity index is 1.92. The van der Waals surface area contributed by atoms with E-state index in [-0.39, 0.29) is 28.8 Å². The molecule has 13 heteroatoms. The normalized spacial score (nSPS) is 26.5. The average Bonchev–Trinajstić information content (AvgIpc) is 3.07. The number of ether oxygens (including phenoxy) is 1. The number of nitrogens with zero attached hydrogens (tertiary/aromatic N) is 2. The lowest BCUT2D eigenvalue weighted by Gasteiger charge is -2.39. The molecule has 0 spiro atoms. The van der Waals surface area contributed by atoms with Crippen LogP contribution in [0.2, 0.25) is 0 Å². The number of aryl methyl sites for hydroxylation is 1. The van der Waals surface area contributed by atoms with Crippen LogP contribution < -0.4 is 5.56 Å². The lowest BCUT2D eigenvalue weighted by Crippen LogP contribution is -2.41. The van der Waals surface area contributed by atoms with Crippen molar-refractivity contribution in [1.29, 1.82) is 0 Å². The van der Waals surface area contributed by atoms with E-state index in [9.17, 15) is 29.6 Å². The van der Waals surface area contributed by atoms with Gasteiger partial charge in [0.05, 0.1) is 11.7 Å². The van der Waals surface area contributed by atoms with Gasteiger partial charge < -0.3 is 29.9 Å². The molecule has 0 saturated carbocycles. The van der Waals surface area contributed by atoms with Gasteiger partial charge in [0, 0.05) is 23.6 Å². The maximum atomic E-state index is 12.9. The maximum Gasteiger partial charge on any atom is 0.359 e. The predicted molar refractivity (Wildman–Crippen MR) is 132 cm³/mol. The molecule has 2 aromatic rings. The molecule has 6 unspecified atom stereocenters. The molecule has 3 rings (SSSR count). The van der Waals surface area contributed by atoms with Gasteiger partial charge in [0.25, 0.3) is 5.56 Å². The Morgan fingerprint density at radius 2 is 1.89 bits per heavy atom. The van der Waals surface area contributed by atoms with Crippen molar-refractivity contribution in [1.82, 2.24) is 14.5 Å². The average molecular weight is 532 g/mol. The molecule has 1 fully saturated rings. The summed E-state index contributed by atoms with van der Waals surface area (Å²) in [6, 6.07) is 1.63. The summed E-state index contributed by atoms with van der Waals surface area (Å²) >= 11 is 5.34. The van der Waals surface area contributed by atoms with Crippen molar-refractivity contribution in [2.24, 2.45) is 0 Å². The van der Waals surface area contributed by atoms with Crippen molar-refractivity contribution in [3.63, 3.8) is 0 Å². The fraction of sp³-hybridized carbons (Fsp3) is 0.682. The second-order valence-electron chi connectivity index (χ2n) is 9.34. The highest BCUT2D eigenvalue weighted by Gasteiger charge is 2.51. The number of hydrogen-bond acceptors (Lipinski definition) is 9. The van der Waals surface area contributed by atoms with Crippen LogP contribution in [0, 0.1) is 11.7 Å². The maximum absolute atomic E-state index is 12.9. The molecule has 196 valence electrons. The highest BCUT2D eigenvalue weighted by molar-refractivity contribution is 7.71. The number of aromatic amines is 1. The summed E-state index contributed by atoms with van der Waals surface area (Å²) < 4.78 is 26.0. The zero-order valence-electron chi connectivity index (χ0n) is 20.5. The molecule has 3 heterocycles. The molecule has 1 aliphatic heterocycles. The lowest BCUT2D eigenvalue weighted by atomic mass is 9.88. The fourth-order valence-electron chi connectivity index (χ4n) is 4.14. The van der Waals surface area contributed by atoms with E-state index in [2.05, 4.69) is 9.97 Å². The first-order valence-electron chi connectivity index (χ1n) is 11.6. The minimum absolute atomic E-state index is 0.00554. The number of pyridine rings is 1. The van der Waals surface area contributed by atoms with Gasteiger partial charge in [-0.25, -0.2) is 4.98 Å². The van der Waals surface area contributed by atoms with E-state index < -0.39 is 43.1 Å².